The van der Waals surface area contributed by atoms with Crippen LogP contribution in [0.25, 0.3) is 0 Å². The molecule has 0 aliphatic rings. The zero-order chi connectivity index (χ0) is 11.3. The fourth-order valence-electron chi connectivity index (χ4n) is 1.41. The standard InChI is InChI=1S/C11H12BrNOS/c1-11(5-6-14,13-8-15)9-3-2-4-10(12)7-9/h2-4,7,14H,5-6H2,1H3/t11-/m0/s1. The fourth-order valence-corrected chi connectivity index (χ4v) is 2.01. The monoisotopic (exact) mass is 285 g/mol. The van der Waals surface area contributed by atoms with E-state index in [2.05, 4.69) is 38.3 Å². The van der Waals surface area contributed by atoms with E-state index in [4.69, 9.17) is 5.11 Å². The number of thiocarbonyl (C=S) groups is 1. The van der Waals surface area contributed by atoms with Gasteiger partial charge < -0.3 is 5.11 Å². The molecule has 0 fully saturated rings. The number of isothiocyanates is 1. The molecule has 1 rings (SSSR count). The van der Waals surface area contributed by atoms with Gasteiger partial charge in [0.05, 0.1) is 10.7 Å². The molecule has 1 N–H and O–H groups in total. The Kier molecular flexibility index (Phi) is 4.61. The maximum atomic E-state index is 9.03. The van der Waals surface area contributed by atoms with E-state index in [9.17, 15) is 0 Å². The summed E-state index contributed by atoms with van der Waals surface area (Å²) in [5.74, 6) is 0. The van der Waals surface area contributed by atoms with E-state index in [1.54, 1.807) is 0 Å². The molecule has 0 bridgehead atoms. The molecule has 0 heterocycles. The maximum absolute atomic E-state index is 9.03. The molecule has 1 atom stereocenters. The van der Waals surface area contributed by atoms with E-state index in [1.807, 2.05) is 31.2 Å². The quantitative estimate of drug-likeness (QED) is 0.681. The highest BCUT2D eigenvalue weighted by atomic mass is 79.9. The highest BCUT2D eigenvalue weighted by Gasteiger charge is 2.24. The van der Waals surface area contributed by atoms with Gasteiger partial charge in [-0.1, -0.05) is 28.1 Å². The molecule has 2 nitrogen and oxygen atoms in total. The summed E-state index contributed by atoms with van der Waals surface area (Å²) in [5, 5.41) is 11.4. The lowest BCUT2D eigenvalue weighted by Crippen LogP contribution is -2.20. The molecule has 15 heavy (non-hydrogen) atoms. The third-order valence-corrected chi connectivity index (χ3v) is 2.92. The van der Waals surface area contributed by atoms with Crippen LogP contribution in [-0.2, 0) is 5.54 Å². The highest BCUT2D eigenvalue weighted by molar-refractivity contribution is 9.10. The smallest absolute Gasteiger partial charge is 0.0953 e. The molecule has 0 saturated heterocycles. The number of halogens is 1. The van der Waals surface area contributed by atoms with Crippen molar-refractivity contribution in [2.45, 2.75) is 18.9 Å². The number of nitrogens with zero attached hydrogens (tertiary/aromatic N) is 1. The van der Waals surface area contributed by atoms with Gasteiger partial charge in [0.25, 0.3) is 0 Å². The number of hydrogen-bond acceptors (Lipinski definition) is 3. The third kappa shape index (κ3) is 3.21. The maximum Gasteiger partial charge on any atom is 0.0953 e. The van der Waals surface area contributed by atoms with Crippen LogP contribution in [0, 0.1) is 0 Å². The number of aliphatic hydroxyl groups is 1. The van der Waals surface area contributed by atoms with Crippen LogP contribution < -0.4 is 0 Å². The lowest BCUT2D eigenvalue weighted by Gasteiger charge is -2.23. The Balaban J connectivity index is 3.14. The van der Waals surface area contributed by atoms with Crippen LogP contribution in [0.3, 0.4) is 0 Å². The van der Waals surface area contributed by atoms with Crippen LogP contribution in [-0.4, -0.2) is 16.9 Å². The largest absolute Gasteiger partial charge is 0.396 e. The van der Waals surface area contributed by atoms with Crippen molar-refractivity contribution >= 4 is 33.3 Å². The number of aliphatic hydroxyl groups excluding tert-OH is 1. The summed E-state index contributed by atoms with van der Waals surface area (Å²) < 4.78 is 0.990. The first-order valence-electron chi connectivity index (χ1n) is 4.58. The van der Waals surface area contributed by atoms with Crippen molar-refractivity contribution in [3.05, 3.63) is 34.3 Å². The lowest BCUT2D eigenvalue weighted by molar-refractivity contribution is 0.248. The van der Waals surface area contributed by atoms with Crippen molar-refractivity contribution in [1.82, 2.24) is 0 Å². The second kappa shape index (κ2) is 5.52. The van der Waals surface area contributed by atoms with Gasteiger partial charge in [-0.25, -0.2) is 4.99 Å². The van der Waals surface area contributed by atoms with Gasteiger partial charge in [-0.05, 0) is 36.8 Å². The van der Waals surface area contributed by atoms with Crippen molar-refractivity contribution in [3.63, 3.8) is 0 Å². The normalized spacial score (nSPS) is 14.1. The number of rotatable bonds is 4. The van der Waals surface area contributed by atoms with Crippen LogP contribution >= 0.6 is 28.1 Å². The second-order valence-electron chi connectivity index (χ2n) is 3.46. The Hall–Kier alpha value is -0.540. The van der Waals surface area contributed by atoms with E-state index in [-0.39, 0.29) is 6.61 Å². The fraction of sp³-hybridized carbons (Fsp3) is 0.364. The van der Waals surface area contributed by atoms with E-state index >= 15 is 0 Å². The van der Waals surface area contributed by atoms with E-state index in [0.29, 0.717) is 6.42 Å². The number of aliphatic imine (C=N–C) groups is 1. The summed E-state index contributed by atoms with van der Waals surface area (Å²) in [7, 11) is 0. The molecule has 0 aliphatic heterocycles. The predicted octanol–water partition coefficient (Wildman–Crippen LogP) is 3.15. The second-order valence-corrected chi connectivity index (χ2v) is 4.56. The summed E-state index contributed by atoms with van der Waals surface area (Å²) in [6, 6.07) is 7.83. The Labute approximate surface area is 103 Å². The molecule has 0 aliphatic carbocycles. The van der Waals surface area contributed by atoms with Crippen molar-refractivity contribution in [2.75, 3.05) is 6.61 Å². The molecule has 0 amide bonds. The van der Waals surface area contributed by atoms with E-state index < -0.39 is 5.54 Å². The minimum absolute atomic E-state index is 0.0729. The van der Waals surface area contributed by atoms with Crippen LogP contribution in [0.4, 0.5) is 0 Å². The van der Waals surface area contributed by atoms with Gasteiger partial charge in [-0.3, -0.25) is 0 Å². The zero-order valence-corrected chi connectivity index (χ0v) is 10.8. The van der Waals surface area contributed by atoms with Crippen molar-refractivity contribution in [2.24, 2.45) is 4.99 Å². The molecular formula is C11H12BrNOS. The van der Waals surface area contributed by atoms with Gasteiger partial charge >= 0.3 is 0 Å². The number of hydrogen-bond donors (Lipinski definition) is 1. The molecule has 0 aromatic heterocycles. The lowest BCUT2D eigenvalue weighted by atomic mass is 9.90. The molecular weight excluding hydrogens is 274 g/mol. The highest BCUT2D eigenvalue weighted by Crippen LogP contribution is 2.30. The average molecular weight is 286 g/mol. The van der Waals surface area contributed by atoms with E-state index in [1.165, 1.54) is 0 Å². The molecule has 0 spiro atoms. The zero-order valence-electron chi connectivity index (χ0n) is 8.40. The number of benzene rings is 1. The molecule has 1 aromatic rings. The summed E-state index contributed by atoms with van der Waals surface area (Å²) in [6.07, 6.45) is 0.535. The van der Waals surface area contributed by atoms with Gasteiger partial charge in [0.2, 0.25) is 0 Å². The molecule has 0 radical (unpaired) electrons. The minimum atomic E-state index is -0.486. The van der Waals surface area contributed by atoms with Crippen LogP contribution in [0.15, 0.2) is 33.7 Å². The van der Waals surface area contributed by atoms with Gasteiger partial charge in [0.15, 0.2) is 0 Å². The average Bonchev–Trinajstić information content (AvgIpc) is 2.18. The molecule has 1 aromatic carbocycles. The Morgan fingerprint density at radius 3 is 2.87 bits per heavy atom. The first-order valence-corrected chi connectivity index (χ1v) is 5.78. The molecule has 0 saturated carbocycles. The van der Waals surface area contributed by atoms with Crippen LogP contribution in [0.2, 0.25) is 0 Å². The van der Waals surface area contributed by atoms with Gasteiger partial charge in [0, 0.05) is 17.5 Å². The Morgan fingerprint density at radius 2 is 2.33 bits per heavy atom. The Bertz CT molecular complexity index is 390. The van der Waals surface area contributed by atoms with Gasteiger partial charge in [0.1, 0.15) is 0 Å². The van der Waals surface area contributed by atoms with Crippen LogP contribution in [0.1, 0.15) is 18.9 Å². The van der Waals surface area contributed by atoms with Crippen molar-refractivity contribution in [3.8, 4) is 0 Å². The summed E-state index contributed by atoms with van der Waals surface area (Å²) in [6.45, 7) is 2.01. The van der Waals surface area contributed by atoms with Crippen LogP contribution in [0.5, 0.6) is 0 Å². The van der Waals surface area contributed by atoms with Gasteiger partial charge in [-0.2, -0.15) is 0 Å². The first kappa shape index (κ1) is 12.5. The van der Waals surface area contributed by atoms with Gasteiger partial charge in [-0.15, -0.1) is 0 Å². The topological polar surface area (TPSA) is 32.6 Å². The Morgan fingerprint density at radius 1 is 1.60 bits per heavy atom. The third-order valence-electron chi connectivity index (χ3n) is 2.34. The van der Waals surface area contributed by atoms with E-state index in [0.717, 1.165) is 10.0 Å². The SMILES string of the molecule is C[C@@](CCO)(N=C=S)c1cccc(Br)c1. The molecule has 80 valence electrons. The summed E-state index contributed by atoms with van der Waals surface area (Å²) in [5.41, 5.74) is 0.531. The summed E-state index contributed by atoms with van der Waals surface area (Å²) in [4.78, 5) is 4.14. The minimum Gasteiger partial charge on any atom is -0.396 e. The molecule has 0 unspecified atom stereocenters. The summed E-state index contributed by atoms with van der Waals surface area (Å²) >= 11 is 8.04. The first-order chi connectivity index (χ1) is 7.12. The van der Waals surface area contributed by atoms with Crippen molar-refractivity contribution in [1.29, 1.82) is 0 Å². The predicted molar refractivity (Wildman–Crippen MR) is 68.2 cm³/mol. The van der Waals surface area contributed by atoms with Crippen molar-refractivity contribution < 1.29 is 5.11 Å². The molecule has 4 heteroatoms.